The molecule has 0 bridgehead atoms. The zero-order valence-electron chi connectivity index (χ0n) is 12.9. The molecule has 0 fully saturated rings. The van der Waals surface area contributed by atoms with Crippen LogP contribution in [0.1, 0.15) is 35.3 Å². The third-order valence-corrected chi connectivity index (χ3v) is 3.84. The molecule has 0 saturated carbocycles. The minimum absolute atomic E-state index is 0.0672. The highest BCUT2D eigenvalue weighted by molar-refractivity contribution is 6.30. The second kappa shape index (κ2) is 8.11. The predicted octanol–water partition coefficient (Wildman–Crippen LogP) is 2.92. The number of nitrogens with one attached hydrogen (secondary N) is 1. The van der Waals surface area contributed by atoms with E-state index in [4.69, 9.17) is 11.6 Å². The first kappa shape index (κ1) is 17.5. The molecule has 0 radical (unpaired) electrons. The number of carbonyl (C=O) groups is 1. The van der Waals surface area contributed by atoms with E-state index in [1.165, 1.54) is 0 Å². The van der Waals surface area contributed by atoms with Crippen molar-refractivity contribution in [2.45, 2.75) is 25.6 Å². The largest absolute Gasteiger partial charge is 0.388 e. The number of hydrogen-bond donors (Lipinski definition) is 3. The lowest BCUT2D eigenvalue weighted by Crippen LogP contribution is -2.29. The van der Waals surface area contributed by atoms with Gasteiger partial charge in [0.1, 0.15) is 0 Å². The van der Waals surface area contributed by atoms with E-state index in [1.807, 2.05) is 31.2 Å². The van der Waals surface area contributed by atoms with Gasteiger partial charge >= 0.3 is 0 Å². The van der Waals surface area contributed by atoms with Crippen molar-refractivity contribution < 1.29 is 15.0 Å². The van der Waals surface area contributed by atoms with E-state index < -0.39 is 12.2 Å². The second-order valence-corrected chi connectivity index (χ2v) is 5.94. The summed E-state index contributed by atoms with van der Waals surface area (Å²) >= 11 is 5.79. The molecule has 1 amide bonds. The molecule has 0 aliphatic heterocycles. The summed E-state index contributed by atoms with van der Waals surface area (Å²) in [5, 5.41) is 23.3. The summed E-state index contributed by atoms with van der Waals surface area (Å²) in [6, 6.07) is 14.2. The summed E-state index contributed by atoms with van der Waals surface area (Å²) in [5.74, 6) is -0.321. The van der Waals surface area contributed by atoms with E-state index in [2.05, 4.69) is 5.32 Å². The summed E-state index contributed by atoms with van der Waals surface area (Å²) in [6.07, 6.45) is -1.74. The van der Waals surface area contributed by atoms with Crippen LogP contribution in [0.3, 0.4) is 0 Å². The molecule has 2 unspecified atom stereocenters. The van der Waals surface area contributed by atoms with Crippen LogP contribution in [-0.4, -0.2) is 22.7 Å². The molecule has 2 aromatic carbocycles. The Morgan fingerprint density at radius 3 is 2.13 bits per heavy atom. The third kappa shape index (κ3) is 5.36. The average Bonchev–Trinajstić information content (AvgIpc) is 2.54. The van der Waals surface area contributed by atoms with Crippen LogP contribution in [0.2, 0.25) is 5.02 Å². The molecule has 0 heterocycles. The molecular weight excluding hydrogens is 314 g/mol. The zero-order valence-corrected chi connectivity index (χ0v) is 13.6. The number of amides is 1. The number of aryl methyl sites for hydroxylation is 1. The van der Waals surface area contributed by atoms with Gasteiger partial charge in [0.15, 0.2) is 0 Å². The molecule has 0 saturated heterocycles. The lowest BCUT2D eigenvalue weighted by atomic mass is 10.1. The highest BCUT2D eigenvalue weighted by atomic mass is 35.5. The molecule has 23 heavy (non-hydrogen) atoms. The van der Waals surface area contributed by atoms with E-state index in [0.29, 0.717) is 10.6 Å². The van der Waals surface area contributed by atoms with Crippen LogP contribution in [0.4, 0.5) is 0 Å². The van der Waals surface area contributed by atoms with Gasteiger partial charge in [-0.1, -0.05) is 53.6 Å². The zero-order chi connectivity index (χ0) is 16.8. The quantitative estimate of drug-likeness (QED) is 0.761. The Kier molecular flexibility index (Phi) is 6.16. The Bertz CT molecular complexity index is 640. The SMILES string of the molecule is Cc1ccc(C(O)CNC(=O)CC(O)c2ccc(Cl)cc2)cc1. The Morgan fingerprint density at radius 1 is 1.00 bits per heavy atom. The van der Waals surface area contributed by atoms with Gasteiger partial charge in [0.2, 0.25) is 5.91 Å². The van der Waals surface area contributed by atoms with Crippen LogP contribution in [0.15, 0.2) is 48.5 Å². The molecule has 3 N–H and O–H groups in total. The first-order chi connectivity index (χ1) is 11.0. The van der Waals surface area contributed by atoms with Crippen LogP contribution in [0, 0.1) is 6.92 Å². The monoisotopic (exact) mass is 333 g/mol. The number of rotatable bonds is 6. The Labute approximate surface area is 140 Å². The maximum atomic E-state index is 11.9. The molecular formula is C18H20ClNO3. The van der Waals surface area contributed by atoms with Crippen LogP contribution in [0.5, 0.6) is 0 Å². The fraction of sp³-hybridized carbons (Fsp3) is 0.278. The fourth-order valence-electron chi connectivity index (χ4n) is 2.17. The van der Waals surface area contributed by atoms with Crippen molar-refractivity contribution in [2.24, 2.45) is 0 Å². The molecule has 2 rings (SSSR count). The first-order valence-corrected chi connectivity index (χ1v) is 7.78. The van der Waals surface area contributed by atoms with E-state index in [1.54, 1.807) is 24.3 Å². The molecule has 0 aliphatic carbocycles. The standard InChI is InChI=1S/C18H20ClNO3/c1-12-2-4-14(5-3-12)17(22)11-20-18(23)10-16(21)13-6-8-15(19)9-7-13/h2-9,16-17,21-22H,10-11H2,1H3,(H,20,23). The number of benzene rings is 2. The summed E-state index contributed by atoms with van der Waals surface area (Å²) in [7, 11) is 0. The van der Waals surface area contributed by atoms with Crippen molar-refractivity contribution in [1.82, 2.24) is 5.32 Å². The van der Waals surface area contributed by atoms with Crippen molar-refractivity contribution in [3.05, 3.63) is 70.2 Å². The van der Waals surface area contributed by atoms with E-state index in [-0.39, 0.29) is 18.9 Å². The number of halogens is 1. The molecule has 5 heteroatoms. The van der Waals surface area contributed by atoms with Gasteiger partial charge in [0.25, 0.3) is 0 Å². The van der Waals surface area contributed by atoms with E-state index >= 15 is 0 Å². The van der Waals surface area contributed by atoms with Gasteiger partial charge in [0.05, 0.1) is 18.6 Å². The Hall–Kier alpha value is -1.88. The van der Waals surface area contributed by atoms with Gasteiger partial charge in [-0.2, -0.15) is 0 Å². The second-order valence-electron chi connectivity index (χ2n) is 5.50. The van der Waals surface area contributed by atoms with Gasteiger partial charge < -0.3 is 15.5 Å². The van der Waals surface area contributed by atoms with Crippen molar-refractivity contribution in [3.63, 3.8) is 0 Å². The van der Waals surface area contributed by atoms with Gasteiger partial charge in [-0.05, 0) is 30.2 Å². The van der Waals surface area contributed by atoms with Crippen LogP contribution in [0.25, 0.3) is 0 Å². The normalized spacial score (nSPS) is 13.4. The molecule has 122 valence electrons. The van der Waals surface area contributed by atoms with E-state index in [9.17, 15) is 15.0 Å². The molecule has 0 spiro atoms. The number of hydrogen-bond acceptors (Lipinski definition) is 3. The van der Waals surface area contributed by atoms with Gasteiger partial charge in [0, 0.05) is 11.6 Å². The Balaban J connectivity index is 1.82. The highest BCUT2D eigenvalue weighted by Gasteiger charge is 2.14. The minimum atomic E-state index is -0.899. The number of aliphatic hydroxyl groups excluding tert-OH is 2. The first-order valence-electron chi connectivity index (χ1n) is 7.40. The number of carbonyl (C=O) groups excluding carboxylic acids is 1. The van der Waals surface area contributed by atoms with Crippen LogP contribution >= 0.6 is 11.6 Å². The topological polar surface area (TPSA) is 69.6 Å². The maximum Gasteiger partial charge on any atom is 0.223 e. The third-order valence-electron chi connectivity index (χ3n) is 3.59. The van der Waals surface area contributed by atoms with Gasteiger partial charge in [-0.25, -0.2) is 0 Å². The van der Waals surface area contributed by atoms with Crippen molar-refractivity contribution in [1.29, 1.82) is 0 Å². The maximum absolute atomic E-state index is 11.9. The lowest BCUT2D eigenvalue weighted by molar-refractivity contribution is -0.123. The summed E-state index contributed by atoms with van der Waals surface area (Å²) in [6.45, 7) is 2.07. The van der Waals surface area contributed by atoms with Gasteiger partial charge in [-0.3, -0.25) is 4.79 Å². The van der Waals surface area contributed by atoms with Crippen molar-refractivity contribution in [2.75, 3.05) is 6.54 Å². The molecule has 0 aromatic heterocycles. The van der Waals surface area contributed by atoms with Crippen molar-refractivity contribution in [3.8, 4) is 0 Å². The highest BCUT2D eigenvalue weighted by Crippen LogP contribution is 2.19. The smallest absolute Gasteiger partial charge is 0.223 e. The summed E-state index contributed by atoms with van der Waals surface area (Å²) in [4.78, 5) is 11.9. The molecule has 2 atom stereocenters. The van der Waals surface area contributed by atoms with Crippen LogP contribution < -0.4 is 5.32 Å². The summed E-state index contributed by atoms with van der Waals surface area (Å²) < 4.78 is 0. The number of aliphatic hydroxyl groups is 2. The minimum Gasteiger partial charge on any atom is -0.388 e. The predicted molar refractivity (Wildman–Crippen MR) is 90.2 cm³/mol. The fourth-order valence-corrected chi connectivity index (χ4v) is 2.29. The van der Waals surface area contributed by atoms with Gasteiger partial charge in [-0.15, -0.1) is 0 Å². The molecule has 2 aromatic rings. The molecule has 4 nitrogen and oxygen atoms in total. The van der Waals surface area contributed by atoms with Crippen molar-refractivity contribution >= 4 is 17.5 Å². The Morgan fingerprint density at radius 2 is 1.52 bits per heavy atom. The van der Waals surface area contributed by atoms with Crippen LogP contribution in [-0.2, 0) is 4.79 Å². The molecule has 0 aliphatic rings. The summed E-state index contributed by atoms with van der Waals surface area (Å²) in [5.41, 5.74) is 2.48. The lowest BCUT2D eigenvalue weighted by Gasteiger charge is -2.14. The average molecular weight is 334 g/mol. The van der Waals surface area contributed by atoms with E-state index in [0.717, 1.165) is 11.1 Å².